The van der Waals surface area contributed by atoms with Gasteiger partial charge in [-0.3, -0.25) is 9.36 Å². The van der Waals surface area contributed by atoms with Gasteiger partial charge >= 0.3 is 0 Å². The standard InChI is InChI=1S/C25H24N4O3S/c1-18-7-6-8-19(15-18)26-24(30)17-33-25-28-27-23(29(25)20-9-4-3-5-10-20)16-32-22-13-11-21(31-2)12-14-22/h3-15H,16-17H2,1-2H3,(H,26,30). The van der Waals surface area contributed by atoms with Gasteiger partial charge in [0.25, 0.3) is 0 Å². The van der Waals surface area contributed by atoms with Gasteiger partial charge in [0.15, 0.2) is 11.0 Å². The molecule has 8 heteroatoms. The number of aromatic nitrogens is 3. The maximum atomic E-state index is 12.5. The molecule has 0 aliphatic heterocycles. The zero-order chi connectivity index (χ0) is 23.0. The number of nitrogens with one attached hydrogen (secondary N) is 1. The van der Waals surface area contributed by atoms with Crippen LogP contribution in [-0.2, 0) is 11.4 Å². The largest absolute Gasteiger partial charge is 0.497 e. The lowest BCUT2D eigenvalue weighted by Crippen LogP contribution is -2.14. The molecule has 0 spiro atoms. The van der Waals surface area contributed by atoms with Crippen LogP contribution in [0.5, 0.6) is 11.5 Å². The Balaban J connectivity index is 1.48. The highest BCUT2D eigenvalue weighted by atomic mass is 32.2. The maximum Gasteiger partial charge on any atom is 0.234 e. The molecular weight excluding hydrogens is 436 g/mol. The first kappa shape index (κ1) is 22.4. The van der Waals surface area contributed by atoms with Gasteiger partial charge in [-0.05, 0) is 61.0 Å². The van der Waals surface area contributed by atoms with Crippen molar-refractivity contribution in [2.24, 2.45) is 0 Å². The van der Waals surface area contributed by atoms with Crippen molar-refractivity contribution >= 4 is 23.4 Å². The summed E-state index contributed by atoms with van der Waals surface area (Å²) in [5, 5.41) is 12.2. The number of anilines is 1. The van der Waals surface area contributed by atoms with Crippen LogP contribution in [0.2, 0.25) is 0 Å². The number of hydrogen-bond donors (Lipinski definition) is 1. The van der Waals surface area contributed by atoms with Crippen LogP contribution in [0.25, 0.3) is 5.69 Å². The molecule has 168 valence electrons. The molecule has 0 saturated heterocycles. The van der Waals surface area contributed by atoms with Gasteiger partial charge in [0, 0.05) is 11.4 Å². The number of benzene rings is 3. The van der Waals surface area contributed by atoms with Crippen molar-refractivity contribution in [3.63, 3.8) is 0 Å². The Labute approximate surface area is 196 Å². The van der Waals surface area contributed by atoms with E-state index in [9.17, 15) is 4.79 Å². The van der Waals surface area contributed by atoms with E-state index in [2.05, 4.69) is 15.5 Å². The number of hydrogen-bond acceptors (Lipinski definition) is 6. The molecule has 0 fully saturated rings. The minimum Gasteiger partial charge on any atom is -0.497 e. The minimum absolute atomic E-state index is 0.107. The predicted octanol–water partition coefficient (Wildman–Crippen LogP) is 4.89. The number of ether oxygens (including phenoxy) is 2. The molecule has 1 amide bonds. The van der Waals surface area contributed by atoms with E-state index in [0.29, 0.717) is 16.7 Å². The van der Waals surface area contributed by atoms with Crippen LogP contribution >= 0.6 is 11.8 Å². The second kappa shape index (κ2) is 10.7. The fraction of sp³-hybridized carbons (Fsp3) is 0.160. The van der Waals surface area contributed by atoms with Gasteiger partial charge < -0.3 is 14.8 Å². The number of aryl methyl sites for hydroxylation is 1. The van der Waals surface area contributed by atoms with Crippen molar-refractivity contribution in [3.05, 3.63) is 90.3 Å². The monoisotopic (exact) mass is 460 g/mol. The van der Waals surface area contributed by atoms with Gasteiger partial charge in [0.05, 0.1) is 12.9 Å². The third kappa shape index (κ3) is 5.93. The van der Waals surface area contributed by atoms with E-state index in [1.54, 1.807) is 7.11 Å². The van der Waals surface area contributed by atoms with Crippen LogP contribution in [-0.4, -0.2) is 33.5 Å². The van der Waals surface area contributed by atoms with Gasteiger partial charge in [-0.2, -0.15) is 0 Å². The zero-order valence-electron chi connectivity index (χ0n) is 18.4. The molecule has 0 unspecified atom stereocenters. The first-order valence-electron chi connectivity index (χ1n) is 10.4. The van der Waals surface area contributed by atoms with E-state index in [4.69, 9.17) is 9.47 Å². The highest BCUT2D eigenvalue weighted by molar-refractivity contribution is 7.99. The molecule has 0 aliphatic rings. The molecule has 4 aromatic rings. The van der Waals surface area contributed by atoms with Crippen LogP contribution in [0.15, 0.2) is 84.0 Å². The number of carbonyl (C=O) groups is 1. The first-order chi connectivity index (χ1) is 16.1. The summed E-state index contributed by atoms with van der Waals surface area (Å²) in [5.74, 6) is 2.20. The second-order valence-corrected chi connectivity index (χ2v) is 8.18. The summed E-state index contributed by atoms with van der Waals surface area (Å²) in [6.07, 6.45) is 0. The lowest BCUT2D eigenvalue weighted by molar-refractivity contribution is -0.113. The summed E-state index contributed by atoms with van der Waals surface area (Å²) in [6.45, 7) is 2.21. The normalized spacial score (nSPS) is 10.6. The average molecular weight is 461 g/mol. The highest BCUT2D eigenvalue weighted by Crippen LogP contribution is 2.24. The van der Waals surface area contributed by atoms with Gasteiger partial charge in [0.1, 0.15) is 18.1 Å². The molecule has 1 N–H and O–H groups in total. The summed E-state index contributed by atoms with van der Waals surface area (Å²) < 4.78 is 13.0. The Hall–Kier alpha value is -3.78. The topological polar surface area (TPSA) is 78.3 Å². The molecule has 4 rings (SSSR count). The molecular formula is C25H24N4O3S. The molecule has 0 atom stereocenters. The van der Waals surface area contributed by atoms with Crippen molar-refractivity contribution in [2.75, 3.05) is 18.2 Å². The minimum atomic E-state index is -0.107. The van der Waals surface area contributed by atoms with Gasteiger partial charge in [-0.15, -0.1) is 10.2 Å². The molecule has 0 aliphatic carbocycles. The maximum absolute atomic E-state index is 12.5. The number of methoxy groups -OCH3 is 1. The molecule has 0 saturated carbocycles. The number of nitrogens with zero attached hydrogens (tertiary/aromatic N) is 3. The van der Waals surface area contributed by atoms with Crippen LogP contribution < -0.4 is 14.8 Å². The summed E-state index contributed by atoms with van der Waals surface area (Å²) >= 11 is 1.33. The number of para-hydroxylation sites is 1. The highest BCUT2D eigenvalue weighted by Gasteiger charge is 2.16. The lowest BCUT2D eigenvalue weighted by Gasteiger charge is -2.11. The molecule has 33 heavy (non-hydrogen) atoms. The molecule has 0 radical (unpaired) electrons. The SMILES string of the molecule is COc1ccc(OCc2nnc(SCC(=O)Nc3cccc(C)c3)n2-c2ccccc2)cc1. The predicted molar refractivity (Wildman–Crippen MR) is 129 cm³/mol. The van der Waals surface area contributed by atoms with Gasteiger partial charge in [-0.25, -0.2) is 0 Å². The van der Waals surface area contributed by atoms with E-state index >= 15 is 0 Å². The first-order valence-corrected chi connectivity index (χ1v) is 11.4. The Morgan fingerprint density at radius 1 is 0.970 bits per heavy atom. The molecule has 0 bridgehead atoms. The fourth-order valence-electron chi connectivity index (χ4n) is 3.19. The third-order valence-corrected chi connectivity index (χ3v) is 5.71. The van der Waals surface area contributed by atoms with Crippen molar-refractivity contribution in [1.82, 2.24) is 14.8 Å². The quantitative estimate of drug-likeness (QED) is 0.358. The van der Waals surface area contributed by atoms with Crippen molar-refractivity contribution < 1.29 is 14.3 Å². The van der Waals surface area contributed by atoms with Crippen LogP contribution in [0.4, 0.5) is 5.69 Å². The lowest BCUT2D eigenvalue weighted by atomic mass is 10.2. The molecule has 1 heterocycles. The van der Waals surface area contributed by atoms with E-state index < -0.39 is 0 Å². The Kier molecular flexibility index (Phi) is 7.26. The third-order valence-electron chi connectivity index (χ3n) is 4.78. The Morgan fingerprint density at radius 3 is 2.45 bits per heavy atom. The van der Waals surface area contributed by atoms with Crippen LogP contribution in [0.1, 0.15) is 11.4 Å². The number of thioether (sulfide) groups is 1. The van der Waals surface area contributed by atoms with Crippen molar-refractivity contribution in [1.29, 1.82) is 0 Å². The number of amides is 1. The second-order valence-electron chi connectivity index (χ2n) is 7.24. The summed E-state index contributed by atoms with van der Waals surface area (Å²) in [6, 6.07) is 24.8. The van der Waals surface area contributed by atoms with E-state index in [0.717, 1.165) is 22.7 Å². The zero-order valence-corrected chi connectivity index (χ0v) is 19.2. The van der Waals surface area contributed by atoms with Gasteiger partial charge in [-0.1, -0.05) is 42.1 Å². The number of rotatable bonds is 9. The van der Waals surface area contributed by atoms with Crippen LogP contribution in [0, 0.1) is 6.92 Å². The van der Waals surface area contributed by atoms with Gasteiger partial charge in [0.2, 0.25) is 5.91 Å². The molecule has 1 aromatic heterocycles. The summed E-state index contributed by atoms with van der Waals surface area (Å²) in [7, 11) is 1.62. The van der Waals surface area contributed by atoms with Crippen molar-refractivity contribution in [2.45, 2.75) is 18.7 Å². The molecule has 7 nitrogen and oxygen atoms in total. The fourth-order valence-corrected chi connectivity index (χ4v) is 3.96. The van der Waals surface area contributed by atoms with Crippen molar-refractivity contribution in [3.8, 4) is 17.2 Å². The molecule has 3 aromatic carbocycles. The summed E-state index contributed by atoms with van der Waals surface area (Å²) in [4.78, 5) is 12.5. The average Bonchev–Trinajstić information content (AvgIpc) is 3.25. The summed E-state index contributed by atoms with van der Waals surface area (Å²) in [5.41, 5.74) is 2.77. The number of carbonyl (C=O) groups excluding carboxylic acids is 1. The smallest absolute Gasteiger partial charge is 0.234 e. The van der Waals surface area contributed by atoms with E-state index in [1.807, 2.05) is 90.4 Å². The van der Waals surface area contributed by atoms with E-state index in [1.165, 1.54) is 11.8 Å². The Morgan fingerprint density at radius 2 is 1.73 bits per heavy atom. The van der Waals surface area contributed by atoms with E-state index in [-0.39, 0.29) is 18.3 Å². The van der Waals surface area contributed by atoms with Crippen LogP contribution in [0.3, 0.4) is 0 Å². The Bertz CT molecular complexity index is 1210.